The lowest BCUT2D eigenvalue weighted by molar-refractivity contribution is -0.386. The largest absolute Gasteiger partial charge is 0.449 e. The summed E-state index contributed by atoms with van der Waals surface area (Å²) in [6.45, 7) is 7.38. The number of nitro benzene ring substituents is 1. The lowest BCUT2D eigenvalue weighted by Crippen LogP contribution is -2.41. The highest BCUT2D eigenvalue weighted by Gasteiger charge is 2.32. The van der Waals surface area contributed by atoms with E-state index in [1.165, 1.54) is 19.1 Å². The molecule has 9 nitrogen and oxygen atoms in total. The average molecular weight is 363 g/mol. The third-order valence-corrected chi connectivity index (χ3v) is 3.99. The van der Waals surface area contributed by atoms with Gasteiger partial charge < -0.3 is 10.1 Å². The number of nitro groups is 1. The number of nitrogens with zero attached hydrogens (tertiary/aromatic N) is 2. The van der Waals surface area contributed by atoms with E-state index in [0.29, 0.717) is 12.1 Å². The van der Waals surface area contributed by atoms with Crippen LogP contribution in [0.2, 0.25) is 0 Å². The molecule has 0 radical (unpaired) electrons. The van der Waals surface area contributed by atoms with Crippen LogP contribution in [0.1, 0.15) is 43.6 Å². The maximum atomic E-state index is 12.3. The Hall–Kier alpha value is -2.97. The maximum Gasteiger partial charge on any atom is 0.339 e. The molecule has 1 aliphatic heterocycles. The van der Waals surface area contributed by atoms with Crippen molar-refractivity contribution in [2.75, 3.05) is 13.1 Å². The standard InChI is InChI=1S/C17H21N3O6/c1-10(14(21)19-8-7-18-16(19)23)26-15(22)11-5-6-12(17(2,3)4)13(9-11)20(24)25/h5-6,9-10H,7-8H2,1-4H3,(H,18,23)/t10-/m1/s1. The molecule has 0 aliphatic carbocycles. The second-order valence-corrected chi connectivity index (χ2v) is 7.01. The van der Waals surface area contributed by atoms with Gasteiger partial charge in [-0.2, -0.15) is 0 Å². The Bertz CT molecular complexity index is 768. The molecule has 26 heavy (non-hydrogen) atoms. The lowest BCUT2D eigenvalue weighted by Gasteiger charge is -2.20. The first-order valence-electron chi connectivity index (χ1n) is 8.11. The quantitative estimate of drug-likeness (QED) is 0.496. The number of carbonyl (C=O) groups is 3. The molecular weight excluding hydrogens is 342 g/mol. The van der Waals surface area contributed by atoms with E-state index in [2.05, 4.69) is 5.32 Å². The summed E-state index contributed by atoms with van der Waals surface area (Å²) >= 11 is 0. The third-order valence-electron chi connectivity index (χ3n) is 3.99. The van der Waals surface area contributed by atoms with Crippen molar-refractivity contribution in [2.24, 2.45) is 0 Å². The number of urea groups is 1. The molecule has 1 aromatic carbocycles. The van der Waals surface area contributed by atoms with Crippen molar-refractivity contribution in [3.8, 4) is 0 Å². The van der Waals surface area contributed by atoms with Crippen LogP contribution >= 0.6 is 0 Å². The van der Waals surface area contributed by atoms with E-state index in [1.807, 2.05) is 20.8 Å². The number of esters is 1. The molecule has 1 fully saturated rings. The number of rotatable bonds is 4. The van der Waals surface area contributed by atoms with E-state index >= 15 is 0 Å². The number of hydrogen-bond donors (Lipinski definition) is 1. The predicted molar refractivity (Wildman–Crippen MR) is 91.8 cm³/mol. The van der Waals surface area contributed by atoms with Crippen molar-refractivity contribution >= 4 is 23.6 Å². The molecule has 0 unspecified atom stereocenters. The summed E-state index contributed by atoms with van der Waals surface area (Å²) in [5, 5.41) is 13.8. The molecule has 140 valence electrons. The van der Waals surface area contributed by atoms with Crippen LogP contribution in [0.3, 0.4) is 0 Å². The minimum Gasteiger partial charge on any atom is -0.449 e. The molecule has 1 N–H and O–H groups in total. The van der Waals surface area contributed by atoms with Crippen molar-refractivity contribution in [3.63, 3.8) is 0 Å². The van der Waals surface area contributed by atoms with Crippen LogP contribution in [0.15, 0.2) is 18.2 Å². The van der Waals surface area contributed by atoms with Crippen molar-refractivity contribution in [1.82, 2.24) is 10.2 Å². The number of hydrogen-bond acceptors (Lipinski definition) is 6. The summed E-state index contributed by atoms with van der Waals surface area (Å²) in [5.74, 6) is -1.51. The Balaban J connectivity index is 2.19. The zero-order valence-electron chi connectivity index (χ0n) is 15.1. The lowest BCUT2D eigenvalue weighted by atomic mass is 9.85. The van der Waals surface area contributed by atoms with E-state index in [0.717, 1.165) is 11.0 Å². The normalized spacial score (nSPS) is 15.4. The van der Waals surface area contributed by atoms with E-state index in [9.17, 15) is 24.5 Å². The first kappa shape index (κ1) is 19.4. The molecule has 0 saturated carbocycles. The molecule has 1 aromatic rings. The van der Waals surface area contributed by atoms with Gasteiger partial charge in [0, 0.05) is 24.7 Å². The fourth-order valence-corrected chi connectivity index (χ4v) is 2.62. The minimum atomic E-state index is -1.19. The summed E-state index contributed by atoms with van der Waals surface area (Å²) in [5.41, 5.74) is -0.214. The topological polar surface area (TPSA) is 119 Å². The summed E-state index contributed by atoms with van der Waals surface area (Å²) in [4.78, 5) is 47.7. The summed E-state index contributed by atoms with van der Waals surface area (Å²) in [6, 6.07) is 3.54. The summed E-state index contributed by atoms with van der Waals surface area (Å²) in [6.07, 6.45) is -1.19. The Labute approximate surface area is 150 Å². The predicted octanol–water partition coefficient (Wildman–Crippen LogP) is 1.99. The number of benzene rings is 1. The monoisotopic (exact) mass is 363 g/mol. The molecule has 1 aliphatic rings. The molecule has 3 amide bonds. The Morgan fingerprint density at radius 3 is 2.50 bits per heavy atom. The smallest absolute Gasteiger partial charge is 0.339 e. The van der Waals surface area contributed by atoms with Gasteiger partial charge in [0.05, 0.1) is 10.5 Å². The van der Waals surface area contributed by atoms with Gasteiger partial charge in [-0.05, 0) is 18.4 Å². The first-order valence-corrected chi connectivity index (χ1v) is 8.11. The van der Waals surface area contributed by atoms with Gasteiger partial charge >= 0.3 is 12.0 Å². The van der Waals surface area contributed by atoms with Crippen LogP contribution in [0.25, 0.3) is 0 Å². The molecule has 9 heteroatoms. The van der Waals surface area contributed by atoms with E-state index in [-0.39, 0.29) is 17.8 Å². The maximum absolute atomic E-state index is 12.3. The Morgan fingerprint density at radius 1 is 1.35 bits per heavy atom. The molecular formula is C17H21N3O6. The van der Waals surface area contributed by atoms with E-state index < -0.39 is 34.3 Å². The minimum absolute atomic E-state index is 0.0322. The van der Waals surface area contributed by atoms with Crippen LogP contribution in [-0.2, 0) is 14.9 Å². The first-order chi connectivity index (χ1) is 12.0. The SMILES string of the molecule is C[C@@H](OC(=O)c1ccc(C(C)(C)C)c([N+](=O)[O-])c1)C(=O)N1CCNC1=O. The van der Waals surface area contributed by atoms with Gasteiger partial charge in [0.15, 0.2) is 6.10 Å². The van der Waals surface area contributed by atoms with Crippen LogP contribution in [-0.4, -0.2) is 46.9 Å². The molecule has 0 spiro atoms. The zero-order valence-corrected chi connectivity index (χ0v) is 15.1. The molecule has 0 bridgehead atoms. The number of nitrogens with one attached hydrogen (secondary N) is 1. The van der Waals surface area contributed by atoms with E-state index in [1.54, 1.807) is 0 Å². The average Bonchev–Trinajstić information content (AvgIpc) is 2.98. The van der Waals surface area contributed by atoms with Crippen molar-refractivity contribution in [3.05, 3.63) is 39.4 Å². The van der Waals surface area contributed by atoms with Crippen LogP contribution in [0.4, 0.5) is 10.5 Å². The number of imide groups is 1. The Morgan fingerprint density at radius 2 is 2.00 bits per heavy atom. The summed E-state index contributed by atoms with van der Waals surface area (Å²) in [7, 11) is 0. The van der Waals surface area contributed by atoms with Gasteiger partial charge in [0.25, 0.3) is 11.6 Å². The van der Waals surface area contributed by atoms with Crippen LogP contribution in [0.5, 0.6) is 0 Å². The van der Waals surface area contributed by atoms with Crippen molar-refractivity contribution < 1.29 is 24.0 Å². The molecule has 2 rings (SSSR count). The van der Waals surface area contributed by atoms with Gasteiger partial charge in [-0.15, -0.1) is 0 Å². The number of ether oxygens (including phenoxy) is 1. The highest BCUT2D eigenvalue weighted by Crippen LogP contribution is 2.32. The fourth-order valence-electron chi connectivity index (χ4n) is 2.62. The molecule has 1 saturated heterocycles. The number of carbonyl (C=O) groups excluding carboxylic acids is 3. The molecule has 1 heterocycles. The zero-order chi connectivity index (χ0) is 19.6. The fraction of sp³-hybridized carbons (Fsp3) is 0.471. The second-order valence-electron chi connectivity index (χ2n) is 7.01. The molecule has 1 atom stereocenters. The highest BCUT2D eigenvalue weighted by atomic mass is 16.6. The van der Waals surface area contributed by atoms with Crippen molar-refractivity contribution in [1.29, 1.82) is 0 Å². The third kappa shape index (κ3) is 3.98. The van der Waals surface area contributed by atoms with Gasteiger partial charge in [-0.3, -0.25) is 19.8 Å². The van der Waals surface area contributed by atoms with Crippen molar-refractivity contribution in [2.45, 2.75) is 39.2 Å². The highest BCUT2D eigenvalue weighted by molar-refractivity contribution is 5.99. The summed E-state index contributed by atoms with van der Waals surface area (Å²) < 4.78 is 5.09. The Kier molecular flexibility index (Phi) is 5.29. The van der Waals surface area contributed by atoms with Crippen LogP contribution in [0, 0.1) is 10.1 Å². The molecule has 0 aromatic heterocycles. The van der Waals surface area contributed by atoms with Crippen LogP contribution < -0.4 is 5.32 Å². The van der Waals surface area contributed by atoms with Gasteiger partial charge in [-0.25, -0.2) is 9.59 Å². The van der Waals surface area contributed by atoms with E-state index in [4.69, 9.17) is 4.74 Å². The van der Waals surface area contributed by atoms with Gasteiger partial charge in [0.2, 0.25) is 0 Å². The second kappa shape index (κ2) is 7.11. The van der Waals surface area contributed by atoms with Gasteiger partial charge in [0.1, 0.15) is 0 Å². The van der Waals surface area contributed by atoms with Gasteiger partial charge in [-0.1, -0.05) is 26.8 Å². The number of amides is 3.